The van der Waals surface area contributed by atoms with Gasteiger partial charge < -0.3 is 15.1 Å². The Morgan fingerprint density at radius 2 is 2.09 bits per heavy atom. The Balaban J connectivity index is 1.87. The second-order valence-electron chi connectivity index (χ2n) is 4.48. The van der Waals surface area contributed by atoms with Crippen molar-refractivity contribution in [3.05, 3.63) is 65.1 Å². The summed E-state index contributed by atoms with van der Waals surface area (Å²) in [4.78, 5) is 22.7. The van der Waals surface area contributed by atoms with Gasteiger partial charge in [-0.15, -0.1) is 0 Å². The number of hydrogen-bond acceptors (Lipinski definition) is 8. The second-order valence-corrected chi connectivity index (χ2v) is 4.48. The predicted molar refractivity (Wildman–Crippen MR) is 82.2 cm³/mol. The summed E-state index contributed by atoms with van der Waals surface area (Å²) in [5, 5.41) is 17.2. The molecule has 0 spiro atoms. The average molecular weight is 312 g/mol. The third-order valence-corrected chi connectivity index (χ3v) is 2.94. The lowest BCUT2D eigenvalue weighted by atomic mass is 10.3. The largest absolute Gasteiger partial charge is 0.467 e. The summed E-state index contributed by atoms with van der Waals surface area (Å²) in [6.07, 6.45) is 5.93. The number of rotatable bonds is 6. The topological polar surface area (TPSA) is 119 Å². The van der Waals surface area contributed by atoms with Gasteiger partial charge in [-0.1, -0.05) is 0 Å². The molecule has 0 atom stereocenters. The van der Waals surface area contributed by atoms with E-state index in [0.717, 1.165) is 0 Å². The molecule has 0 saturated heterocycles. The molecule has 0 bridgehead atoms. The third-order valence-electron chi connectivity index (χ3n) is 2.94. The molecule has 0 aliphatic heterocycles. The lowest BCUT2D eigenvalue weighted by Gasteiger charge is -2.09. The average Bonchev–Trinajstić information content (AvgIpc) is 3.07. The molecule has 0 aliphatic carbocycles. The fourth-order valence-corrected chi connectivity index (χ4v) is 1.93. The number of anilines is 3. The summed E-state index contributed by atoms with van der Waals surface area (Å²) >= 11 is 0. The first-order valence-corrected chi connectivity index (χ1v) is 6.67. The van der Waals surface area contributed by atoms with E-state index in [1.807, 2.05) is 0 Å². The maximum absolute atomic E-state index is 11.4. The van der Waals surface area contributed by atoms with E-state index in [-0.39, 0.29) is 23.9 Å². The highest BCUT2D eigenvalue weighted by Gasteiger charge is 2.23. The number of nitrogens with one attached hydrogen (secondary N) is 2. The van der Waals surface area contributed by atoms with Crippen LogP contribution in [0.15, 0.2) is 53.7 Å². The second kappa shape index (κ2) is 6.52. The zero-order valence-electron chi connectivity index (χ0n) is 11.8. The van der Waals surface area contributed by atoms with Crippen LogP contribution in [0.1, 0.15) is 5.76 Å². The molecule has 23 heavy (non-hydrogen) atoms. The highest BCUT2D eigenvalue weighted by atomic mass is 16.6. The van der Waals surface area contributed by atoms with Crippen molar-refractivity contribution in [1.29, 1.82) is 0 Å². The van der Waals surface area contributed by atoms with E-state index in [0.29, 0.717) is 11.4 Å². The molecule has 0 aliphatic rings. The quantitative estimate of drug-likeness (QED) is 0.526. The van der Waals surface area contributed by atoms with E-state index < -0.39 is 4.92 Å². The van der Waals surface area contributed by atoms with Gasteiger partial charge in [0.15, 0.2) is 0 Å². The molecule has 0 radical (unpaired) electrons. The summed E-state index contributed by atoms with van der Waals surface area (Å²) in [6.45, 7) is 0.275. The van der Waals surface area contributed by atoms with Crippen LogP contribution in [0, 0.1) is 10.1 Å². The number of hydrogen-bond donors (Lipinski definition) is 2. The Kier molecular flexibility index (Phi) is 4.09. The van der Waals surface area contributed by atoms with E-state index in [4.69, 9.17) is 4.42 Å². The van der Waals surface area contributed by atoms with E-state index in [2.05, 4.69) is 25.6 Å². The van der Waals surface area contributed by atoms with Crippen LogP contribution in [0.25, 0.3) is 0 Å². The van der Waals surface area contributed by atoms with E-state index in [9.17, 15) is 10.1 Å². The van der Waals surface area contributed by atoms with E-state index in [1.165, 1.54) is 12.6 Å². The van der Waals surface area contributed by atoms with Crippen LogP contribution in [0.4, 0.5) is 23.0 Å². The van der Waals surface area contributed by atoms with Crippen molar-refractivity contribution < 1.29 is 9.34 Å². The van der Waals surface area contributed by atoms with Gasteiger partial charge in [0.05, 0.1) is 29.6 Å². The minimum atomic E-state index is -0.539. The van der Waals surface area contributed by atoms with Crippen LogP contribution in [-0.2, 0) is 6.54 Å². The number of pyridine rings is 1. The van der Waals surface area contributed by atoms with Crippen LogP contribution < -0.4 is 10.6 Å². The van der Waals surface area contributed by atoms with Crippen LogP contribution >= 0.6 is 0 Å². The van der Waals surface area contributed by atoms with Gasteiger partial charge in [0.25, 0.3) is 0 Å². The maximum atomic E-state index is 11.4. The third kappa shape index (κ3) is 3.40. The molecule has 0 fully saturated rings. The molecule has 3 aromatic heterocycles. The highest BCUT2D eigenvalue weighted by Crippen LogP contribution is 2.31. The predicted octanol–water partition coefficient (Wildman–Crippen LogP) is 2.73. The molecule has 3 rings (SSSR count). The summed E-state index contributed by atoms with van der Waals surface area (Å²) in [5.74, 6) is 0.826. The molecule has 116 valence electrons. The minimum Gasteiger partial charge on any atom is -0.467 e. The Bertz CT molecular complexity index is 792. The van der Waals surface area contributed by atoms with Crippen LogP contribution in [0.3, 0.4) is 0 Å². The normalized spacial score (nSPS) is 10.3. The first kappa shape index (κ1) is 14.4. The molecule has 3 aromatic rings. The van der Waals surface area contributed by atoms with Crippen molar-refractivity contribution in [3.63, 3.8) is 0 Å². The van der Waals surface area contributed by atoms with Gasteiger partial charge in [0.2, 0.25) is 11.6 Å². The molecule has 2 N–H and O–H groups in total. The summed E-state index contributed by atoms with van der Waals surface area (Å²) < 4.78 is 5.18. The summed E-state index contributed by atoms with van der Waals surface area (Å²) in [7, 11) is 0. The van der Waals surface area contributed by atoms with Crippen LogP contribution in [-0.4, -0.2) is 19.9 Å². The zero-order chi connectivity index (χ0) is 16.1. The number of furan rings is 1. The SMILES string of the molecule is O=[N+]([O-])c1c(NCc2ccco2)ncnc1Nc1cccnc1. The molecular formula is C14H12N6O3. The van der Waals surface area contributed by atoms with Gasteiger partial charge in [-0.25, -0.2) is 9.97 Å². The summed E-state index contributed by atoms with van der Waals surface area (Å²) in [5.41, 5.74) is 0.342. The maximum Gasteiger partial charge on any atom is 0.353 e. The molecule has 0 saturated carbocycles. The van der Waals surface area contributed by atoms with Crippen molar-refractivity contribution >= 4 is 23.0 Å². The fraction of sp³-hybridized carbons (Fsp3) is 0.0714. The molecule has 0 unspecified atom stereocenters. The summed E-state index contributed by atoms with van der Waals surface area (Å²) in [6, 6.07) is 6.94. The molecular weight excluding hydrogens is 300 g/mol. The molecule has 9 heteroatoms. The van der Waals surface area contributed by atoms with Crippen molar-refractivity contribution in [2.75, 3.05) is 10.6 Å². The number of nitrogens with zero attached hydrogens (tertiary/aromatic N) is 4. The van der Waals surface area contributed by atoms with Gasteiger partial charge in [-0.2, -0.15) is 0 Å². The van der Waals surface area contributed by atoms with Gasteiger partial charge >= 0.3 is 5.69 Å². The molecule has 9 nitrogen and oxygen atoms in total. The highest BCUT2D eigenvalue weighted by molar-refractivity contribution is 5.73. The standard InChI is InChI=1S/C14H12N6O3/c21-20(22)12-13(16-8-11-4-2-6-23-11)17-9-18-14(12)19-10-3-1-5-15-7-10/h1-7,9H,8H2,(H2,16,17,18,19). The van der Waals surface area contributed by atoms with E-state index >= 15 is 0 Å². The van der Waals surface area contributed by atoms with Gasteiger partial charge in [-0.3, -0.25) is 15.1 Å². The lowest BCUT2D eigenvalue weighted by molar-refractivity contribution is -0.383. The van der Waals surface area contributed by atoms with Crippen molar-refractivity contribution in [2.24, 2.45) is 0 Å². The zero-order valence-corrected chi connectivity index (χ0v) is 11.8. The first-order valence-electron chi connectivity index (χ1n) is 6.67. The van der Waals surface area contributed by atoms with Gasteiger partial charge in [-0.05, 0) is 24.3 Å². The minimum absolute atomic E-state index is 0.0833. The van der Waals surface area contributed by atoms with E-state index in [1.54, 1.807) is 36.7 Å². The van der Waals surface area contributed by atoms with Crippen LogP contribution in [0.2, 0.25) is 0 Å². The Hall–Kier alpha value is -3.49. The number of nitro groups is 1. The lowest BCUT2D eigenvalue weighted by Crippen LogP contribution is -2.08. The van der Waals surface area contributed by atoms with Gasteiger partial charge in [0.1, 0.15) is 12.1 Å². The molecule has 0 amide bonds. The monoisotopic (exact) mass is 312 g/mol. The van der Waals surface area contributed by atoms with Crippen molar-refractivity contribution in [2.45, 2.75) is 6.54 Å². The van der Waals surface area contributed by atoms with Crippen LogP contribution in [0.5, 0.6) is 0 Å². The van der Waals surface area contributed by atoms with Gasteiger partial charge in [0, 0.05) is 6.20 Å². The Labute approximate surface area is 130 Å². The smallest absolute Gasteiger partial charge is 0.353 e. The van der Waals surface area contributed by atoms with Crippen molar-refractivity contribution in [1.82, 2.24) is 15.0 Å². The Morgan fingerprint density at radius 3 is 2.78 bits per heavy atom. The Morgan fingerprint density at radius 1 is 1.22 bits per heavy atom. The molecule has 0 aromatic carbocycles. The first-order chi connectivity index (χ1) is 11.2. The fourth-order valence-electron chi connectivity index (χ4n) is 1.93. The van der Waals surface area contributed by atoms with Crippen molar-refractivity contribution in [3.8, 4) is 0 Å². The molecule has 3 heterocycles. The number of aromatic nitrogens is 3.